The van der Waals surface area contributed by atoms with E-state index >= 15 is 0 Å². The van der Waals surface area contributed by atoms with E-state index in [2.05, 4.69) is 15.6 Å². The molecular weight excluding hydrogens is 306 g/mol. The first-order valence-corrected chi connectivity index (χ1v) is 7.20. The van der Waals surface area contributed by atoms with E-state index in [-0.39, 0.29) is 12.5 Å². The van der Waals surface area contributed by atoms with Gasteiger partial charge in [-0.2, -0.15) is 0 Å². The van der Waals surface area contributed by atoms with Crippen molar-refractivity contribution >= 4 is 24.8 Å². The third kappa shape index (κ3) is 4.39. The van der Waals surface area contributed by atoms with Crippen LogP contribution in [-0.2, 0) is 9.59 Å². The Morgan fingerprint density at radius 3 is 2.78 bits per heavy atom. The van der Waals surface area contributed by atoms with Crippen molar-refractivity contribution in [1.29, 1.82) is 0 Å². The molecule has 10 heteroatoms. The number of halogens is 1. The molecule has 0 aliphatic carbocycles. The highest BCUT2D eigenvalue weighted by Gasteiger charge is 2.35. The molecule has 0 aromatic carbocycles. The SMILES string of the molecule is CC(NC(=O)CNC(=O)[C@@H]1CCN1c1ccc(F)cn1)B(O)O. The molecule has 1 saturated heterocycles. The smallest absolute Gasteiger partial charge is 0.426 e. The van der Waals surface area contributed by atoms with Gasteiger partial charge in [0.1, 0.15) is 17.7 Å². The predicted octanol–water partition coefficient (Wildman–Crippen LogP) is -1.57. The van der Waals surface area contributed by atoms with Crippen LogP contribution in [0.3, 0.4) is 0 Å². The molecule has 1 unspecified atom stereocenters. The van der Waals surface area contributed by atoms with Gasteiger partial charge < -0.3 is 25.6 Å². The second kappa shape index (κ2) is 7.38. The highest BCUT2D eigenvalue weighted by molar-refractivity contribution is 6.43. The van der Waals surface area contributed by atoms with Gasteiger partial charge in [0.25, 0.3) is 0 Å². The zero-order valence-electron chi connectivity index (χ0n) is 12.6. The summed E-state index contributed by atoms with van der Waals surface area (Å²) in [6.07, 6.45) is 1.69. The Morgan fingerprint density at radius 2 is 2.26 bits per heavy atom. The molecule has 0 saturated carbocycles. The molecule has 4 N–H and O–H groups in total. The van der Waals surface area contributed by atoms with Crippen LogP contribution in [0.25, 0.3) is 0 Å². The van der Waals surface area contributed by atoms with E-state index in [0.29, 0.717) is 18.8 Å². The van der Waals surface area contributed by atoms with Gasteiger partial charge in [0.2, 0.25) is 11.8 Å². The number of nitrogens with one attached hydrogen (secondary N) is 2. The molecule has 2 heterocycles. The van der Waals surface area contributed by atoms with E-state index in [9.17, 15) is 14.0 Å². The van der Waals surface area contributed by atoms with Crippen molar-refractivity contribution in [3.63, 3.8) is 0 Å². The standard InChI is InChI=1S/C13H18BFN4O4/c1-8(14(22)23)18-12(20)7-17-13(21)10-4-5-19(10)11-3-2-9(15)6-16-11/h2-3,6,8,10,22-23H,4-5,7H2,1H3,(H,17,21)(H,18,20)/t8?,10-/m0/s1. The molecular formula is C13H18BFN4O4. The summed E-state index contributed by atoms with van der Waals surface area (Å²) in [6, 6.07) is 2.30. The Balaban J connectivity index is 1.82. The second-order valence-corrected chi connectivity index (χ2v) is 5.32. The molecule has 0 radical (unpaired) electrons. The lowest BCUT2D eigenvalue weighted by Crippen LogP contribution is -2.58. The zero-order valence-corrected chi connectivity index (χ0v) is 12.6. The molecule has 0 bridgehead atoms. The Kier molecular flexibility index (Phi) is 5.51. The second-order valence-electron chi connectivity index (χ2n) is 5.32. The first-order valence-electron chi connectivity index (χ1n) is 7.20. The molecule has 1 aliphatic rings. The van der Waals surface area contributed by atoms with Gasteiger partial charge in [0.15, 0.2) is 0 Å². The molecule has 1 aromatic heterocycles. The van der Waals surface area contributed by atoms with Crippen LogP contribution in [0.1, 0.15) is 13.3 Å². The van der Waals surface area contributed by atoms with Gasteiger partial charge in [0.05, 0.1) is 18.7 Å². The molecule has 2 rings (SSSR count). The molecule has 1 fully saturated rings. The lowest BCUT2D eigenvalue weighted by atomic mass is 9.81. The molecule has 2 atom stereocenters. The minimum atomic E-state index is -1.67. The zero-order chi connectivity index (χ0) is 17.0. The quantitative estimate of drug-likeness (QED) is 0.470. The van der Waals surface area contributed by atoms with Crippen LogP contribution >= 0.6 is 0 Å². The molecule has 2 amide bonds. The number of carbonyl (C=O) groups is 2. The van der Waals surface area contributed by atoms with E-state index in [4.69, 9.17) is 10.0 Å². The third-order valence-electron chi connectivity index (χ3n) is 3.59. The number of hydrogen-bond donors (Lipinski definition) is 4. The monoisotopic (exact) mass is 324 g/mol. The first kappa shape index (κ1) is 17.2. The normalized spacial score (nSPS) is 17.9. The summed E-state index contributed by atoms with van der Waals surface area (Å²) in [7, 11) is -1.67. The molecule has 8 nitrogen and oxygen atoms in total. The van der Waals surface area contributed by atoms with Crippen LogP contribution < -0.4 is 15.5 Å². The topological polar surface area (TPSA) is 115 Å². The fraction of sp³-hybridized carbons (Fsp3) is 0.462. The molecule has 1 aliphatic heterocycles. The van der Waals surface area contributed by atoms with Gasteiger partial charge >= 0.3 is 7.12 Å². The van der Waals surface area contributed by atoms with E-state index in [0.717, 1.165) is 6.20 Å². The highest BCUT2D eigenvalue weighted by Crippen LogP contribution is 2.24. The largest absolute Gasteiger partial charge is 0.475 e. The maximum Gasteiger partial charge on any atom is 0.475 e. The van der Waals surface area contributed by atoms with Crippen molar-refractivity contribution < 1.29 is 24.0 Å². The fourth-order valence-corrected chi connectivity index (χ4v) is 2.14. The molecule has 0 spiro atoms. The van der Waals surface area contributed by atoms with E-state index in [1.165, 1.54) is 19.1 Å². The molecule has 124 valence electrons. The lowest BCUT2D eigenvalue weighted by Gasteiger charge is -2.40. The van der Waals surface area contributed by atoms with Gasteiger partial charge in [-0.05, 0) is 25.5 Å². The Morgan fingerprint density at radius 1 is 1.52 bits per heavy atom. The van der Waals surface area contributed by atoms with Crippen LogP contribution in [0.15, 0.2) is 18.3 Å². The number of rotatable bonds is 6. The van der Waals surface area contributed by atoms with Crippen molar-refractivity contribution in [2.24, 2.45) is 0 Å². The average molecular weight is 324 g/mol. The number of anilines is 1. The van der Waals surface area contributed by atoms with Crippen molar-refractivity contribution in [2.75, 3.05) is 18.0 Å². The number of carbonyl (C=O) groups excluding carboxylic acids is 2. The minimum absolute atomic E-state index is 0.267. The van der Waals surface area contributed by atoms with Crippen molar-refractivity contribution in [3.8, 4) is 0 Å². The van der Waals surface area contributed by atoms with Crippen molar-refractivity contribution in [1.82, 2.24) is 15.6 Å². The van der Waals surface area contributed by atoms with Crippen LogP contribution in [0.5, 0.6) is 0 Å². The molecule has 1 aromatic rings. The Bertz CT molecular complexity index is 572. The maximum atomic E-state index is 12.9. The predicted molar refractivity (Wildman–Crippen MR) is 80.8 cm³/mol. The highest BCUT2D eigenvalue weighted by atomic mass is 19.1. The van der Waals surface area contributed by atoms with E-state index in [1.807, 2.05) is 0 Å². The summed E-state index contributed by atoms with van der Waals surface area (Å²) in [5.74, 6) is -1.64. The summed E-state index contributed by atoms with van der Waals surface area (Å²) < 4.78 is 12.9. The van der Waals surface area contributed by atoms with Gasteiger partial charge in [-0.3, -0.25) is 9.59 Å². The van der Waals surface area contributed by atoms with Gasteiger partial charge in [0, 0.05) is 6.54 Å². The summed E-state index contributed by atoms with van der Waals surface area (Å²) in [5, 5.41) is 22.6. The van der Waals surface area contributed by atoms with Crippen molar-refractivity contribution in [3.05, 3.63) is 24.1 Å². The van der Waals surface area contributed by atoms with Crippen molar-refractivity contribution in [2.45, 2.75) is 25.3 Å². The fourth-order valence-electron chi connectivity index (χ4n) is 2.14. The van der Waals surface area contributed by atoms with Gasteiger partial charge in [-0.25, -0.2) is 9.37 Å². The average Bonchev–Trinajstić information content (AvgIpc) is 2.46. The molecule has 23 heavy (non-hydrogen) atoms. The summed E-state index contributed by atoms with van der Waals surface area (Å²) in [4.78, 5) is 29.3. The number of amides is 2. The third-order valence-corrected chi connectivity index (χ3v) is 3.59. The maximum absolute atomic E-state index is 12.9. The summed E-state index contributed by atoms with van der Waals surface area (Å²) in [6.45, 7) is 1.78. The minimum Gasteiger partial charge on any atom is -0.426 e. The number of nitrogens with zero attached hydrogens (tertiary/aromatic N) is 2. The lowest BCUT2D eigenvalue weighted by molar-refractivity contribution is -0.127. The van der Waals surface area contributed by atoms with Crippen LogP contribution in [-0.4, -0.2) is 59.0 Å². The first-order chi connectivity index (χ1) is 10.9. The Labute approximate surface area is 132 Å². The number of aromatic nitrogens is 1. The van der Waals surface area contributed by atoms with E-state index < -0.39 is 30.8 Å². The Hall–Kier alpha value is -2.20. The summed E-state index contributed by atoms with van der Waals surface area (Å²) in [5.41, 5.74) is 0. The number of pyridine rings is 1. The summed E-state index contributed by atoms with van der Waals surface area (Å²) >= 11 is 0. The van der Waals surface area contributed by atoms with Gasteiger partial charge in [-0.1, -0.05) is 0 Å². The van der Waals surface area contributed by atoms with Crippen LogP contribution in [0, 0.1) is 5.82 Å². The van der Waals surface area contributed by atoms with E-state index in [1.54, 1.807) is 4.90 Å². The number of hydrogen-bond acceptors (Lipinski definition) is 6. The van der Waals surface area contributed by atoms with Crippen LogP contribution in [0.2, 0.25) is 0 Å². The van der Waals surface area contributed by atoms with Gasteiger partial charge in [-0.15, -0.1) is 0 Å². The van der Waals surface area contributed by atoms with Crippen LogP contribution in [0.4, 0.5) is 10.2 Å².